The first-order chi connectivity index (χ1) is 29.3. The van der Waals surface area contributed by atoms with Crippen molar-refractivity contribution < 1.29 is 4.42 Å². The molecular formula is C54H33BN2OS. The van der Waals surface area contributed by atoms with Gasteiger partial charge in [0.25, 0.3) is 6.71 Å². The highest BCUT2D eigenvalue weighted by Crippen LogP contribution is 2.46. The van der Waals surface area contributed by atoms with Crippen molar-refractivity contribution in [2.24, 2.45) is 0 Å². The molecule has 2 aliphatic heterocycles. The predicted molar refractivity (Wildman–Crippen MR) is 252 cm³/mol. The SMILES string of the molecule is c1cc(-c2ccc3oc4ccccc4c3c2)cc(N2c3ccccc3B3c4ccccc4N(c4ccc(-c5cccc6c5sc5ccccc56)cc4)c4cccc2c43)c1. The largest absolute Gasteiger partial charge is 0.456 e. The van der Waals surface area contributed by atoms with Gasteiger partial charge in [-0.3, -0.25) is 0 Å². The lowest BCUT2D eigenvalue weighted by Crippen LogP contribution is -2.61. The van der Waals surface area contributed by atoms with Crippen molar-refractivity contribution in [1.29, 1.82) is 0 Å². The summed E-state index contributed by atoms with van der Waals surface area (Å²) in [6.45, 7) is 0.0888. The quantitative estimate of drug-likeness (QED) is 0.166. The molecule has 11 aromatic rings. The molecule has 0 fully saturated rings. The van der Waals surface area contributed by atoms with Crippen LogP contribution in [0, 0.1) is 0 Å². The molecule has 0 atom stereocenters. The van der Waals surface area contributed by atoms with Gasteiger partial charge in [0, 0.05) is 65.1 Å². The Labute approximate surface area is 345 Å². The standard InChI is InChI=1S/C54H33BN2OS/c1-7-24-50-40(14-1)43-33-36(28-31-51(43)58-50)35-12-9-13-38(32-35)57-47-21-6-4-19-45(47)55-44-18-3-5-20-46(44)56(48-22-11-23-49(57)53(48)55)37-29-26-34(27-30-37)39-16-10-17-42-41-15-2-8-25-52(41)59-54(39)42/h1-33H. The Balaban J connectivity index is 0.954. The van der Waals surface area contributed by atoms with E-state index in [4.69, 9.17) is 4.42 Å². The van der Waals surface area contributed by atoms with Gasteiger partial charge >= 0.3 is 0 Å². The highest BCUT2D eigenvalue weighted by atomic mass is 32.1. The highest BCUT2D eigenvalue weighted by Gasteiger charge is 2.42. The van der Waals surface area contributed by atoms with Gasteiger partial charge in [0.1, 0.15) is 11.2 Å². The van der Waals surface area contributed by atoms with E-state index in [1.54, 1.807) is 0 Å². The first kappa shape index (κ1) is 32.7. The molecule has 4 heterocycles. The molecular weight excluding hydrogens is 735 g/mol. The first-order valence-corrected chi connectivity index (χ1v) is 21.0. The number of anilines is 6. The normalized spacial score (nSPS) is 13.0. The molecule has 2 aliphatic rings. The van der Waals surface area contributed by atoms with E-state index < -0.39 is 0 Å². The zero-order chi connectivity index (χ0) is 38.6. The molecule has 0 saturated carbocycles. The Bertz CT molecular complexity index is 3490. The number of nitrogens with zero attached hydrogens (tertiary/aromatic N) is 2. The molecule has 0 N–H and O–H groups in total. The van der Waals surface area contributed by atoms with Crippen LogP contribution in [0.5, 0.6) is 0 Å². The van der Waals surface area contributed by atoms with Crippen LogP contribution in [-0.4, -0.2) is 6.71 Å². The summed E-state index contributed by atoms with van der Waals surface area (Å²) in [5.41, 5.74) is 17.7. The van der Waals surface area contributed by atoms with Crippen LogP contribution in [-0.2, 0) is 0 Å². The molecule has 9 aromatic carbocycles. The smallest absolute Gasteiger partial charge is 0.252 e. The van der Waals surface area contributed by atoms with Crippen LogP contribution in [0.2, 0.25) is 0 Å². The van der Waals surface area contributed by atoms with Gasteiger partial charge in [0.2, 0.25) is 0 Å². The van der Waals surface area contributed by atoms with E-state index in [9.17, 15) is 0 Å². The average molecular weight is 769 g/mol. The van der Waals surface area contributed by atoms with Gasteiger partial charge < -0.3 is 14.2 Å². The minimum Gasteiger partial charge on any atom is -0.456 e. The molecule has 2 aromatic heterocycles. The summed E-state index contributed by atoms with van der Waals surface area (Å²) in [4.78, 5) is 4.95. The van der Waals surface area contributed by atoms with Crippen molar-refractivity contribution in [3.8, 4) is 22.3 Å². The number of benzene rings is 9. The molecule has 3 nitrogen and oxygen atoms in total. The number of fused-ring (bicyclic) bond motifs is 10. The highest BCUT2D eigenvalue weighted by molar-refractivity contribution is 7.26. The van der Waals surface area contributed by atoms with E-state index in [-0.39, 0.29) is 6.71 Å². The van der Waals surface area contributed by atoms with E-state index in [2.05, 4.69) is 198 Å². The van der Waals surface area contributed by atoms with Crippen LogP contribution in [0.4, 0.5) is 34.1 Å². The van der Waals surface area contributed by atoms with E-state index in [0.717, 1.165) is 44.4 Å². The third kappa shape index (κ3) is 4.83. The Morgan fingerprint density at radius 2 is 0.983 bits per heavy atom. The molecule has 0 bridgehead atoms. The van der Waals surface area contributed by atoms with Crippen LogP contribution in [0.15, 0.2) is 205 Å². The summed E-state index contributed by atoms with van der Waals surface area (Å²) < 4.78 is 8.85. The summed E-state index contributed by atoms with van der Waals surface area (Å²) in [7, 11) is 0. The lowest BCUT2D eigenvalue weighted by Gasteiger charge is -2.44. The van der Waals surface area contributed by atoms with Crippen LogP contribution >= 0.6 is 11.3 Å². The fourth-order valence-electron chi connectivity index (χ4n) is 9.89. The second kappa shape index (κ2) is 12.6. The molecule has 0 aliphatic carbocycles. The van der Waals surface area contributed by atoms with Gasteiger partial charge in [-0.1, -0.05) is 127 Å². The van der Waals surface area contributed by atoms with Gasteiger partial charge in [0.05, 0.1) is 0 Å². The summed E-state index contributed by atoms with van der Waals surface area (Å²) in [6, 6.07) is 73.3. The number of hydrogen-bond acceptors (Lipinski definition) is 4. The summed E-state index contributed by atoms with van der Waals surface area (Å²) in [6.07, 6.45) is 0. The second-order valence-corrected chi connectivity index (χ2v) is 16.7. The Hall–Kier alpha value is -7.34. The van der Waals surface area contributed by atoms with Gasteiger partial charge in [-0.25, -0.2) is 0 Å². The molecule has 0 saturated heterocycles. The maximum Gasteiger partial charge on any atom is 0.252 e. The summed E-state index contributed by atoms with van der Waals surface area (Å²) in [5, 5.41) is 4.92. The van der Waals surface area contributed by atoms with Crippen LogP contribution in [0.3, 0.4) is 0 Å². The maximum absolute atomic E-state index is 6.18. The molecule has 0 radical (unpaired) electrons. The van der Waals surface area contributed by atoms with Crippen LogP contribution in [0.1, 0.15) is 0 Å². The fourth-order valence-corrected chi connectivity index (χ4v) is 11.1. The molecule has 0 spiro atoms. The topological polar surface area (TPSA) is 19.6 Å². The molecule has 5 heteroatoms. The van der Waals surface area contributed by atoms with E-state index in [1.165, 1.54) is 70.4 Å². The molecule has 13 rings (SSSR count). The minimum atomic E-state index is 0.0888. The van der Waals surface area contributed by atoms with Crippen molar-refractivity contribution in [3.05, 3.63) is 200 Å². The molecule has 274 valence electrons. The average Bonchev–Trinajstić information content (AvgIpc) is 3.87. The third-order valence-electron chi connectivity index (χ3n) is 12.5. The van der Waals surface area contributed by atoms with Crippen molar-refractivity contribution in [1.82, 2.24) is 0 Å². The Morgan fingerprint density at radius 1 is 0.390 bits per heavy atom. The van der Waals surface area contributed by atoms with Crippen molar-refractivity contribution in [3.63, 3.8) is 0 Å². The van der Waals surface area contributed by atoms with E-state index in [1.807, 2.05) is 23.5 Å². The Kier molecular flexibility index (Phi) is 6.98. The molecule has 59 heavy (non-hydrogen) atoms. The zero-order valence-electron chi connectivity index (χ0n) is 31.8. The minimum absolute atomic E-state index is 0.0888. The number of para-hydroxylation sites is 3. The van der Waals surface area contributed by atoms with Gasteiger partial charge in [-0.05, 0) is 111 Å². The number of hydrogen-bond donors (Lipinski definition) is 0. The van der Waals surface area contributed by atoms with Gasteiger partial charge in [-0.2, -0.15) is 0 Å². The van der Waals surface area contributed by atoms with E-state index >= 15 is 0 Å². The summed E-state index contributed by atoms with van der Waals surface area (Å²) in [5.74, 6) is 0. The maximum atomic E-state index is 6.18. The van der Waals surface area contributed by atoms with Crippen LogP contribution < -0.4 is 26.2 Å². The molecule has 0 unspecified atom stereocenters. The number of rotatable bonds is 4. The third-order valence-corrected chi connectivity index (χ3v) is 13.7. The molecule has 0 amide bonds. The predicted octanol–water partition coefficient (Wildman–Crippen LogP) is 13.4. The van der Waals surface area contributed by atoms with Crippen molar-refractivity contribution >= 4 is 111 Å². The first-order valence-electron chi connectivity index (χ1n) is 20.2. The fraction of sp³-hybridized carbons (Fsp3) is 0. The van der Waals surface area contributed by atoms with Crippen molar-refractivity contribution in [2.75, 3.05) is 9.80 Å². The van der Waals surface area contributed by atoms with E-state index in [0.29, 0.717) is 0 Å². The monoisotopic (exact) mass is 768 g/mol. The van der Waals surface area contributed by atoms with Gasteiger partial charge in [-0.15, -0.1) is 11.3 Å². The second-order valence-electron chi connectivity index (χ2n) is 15.6. The zero-order valence-corrected chi connectivity index (χ0v) is 32.7. The number of thiophene rings is 1. The summed E-state index contributed by atoms with van der Waals surface area (Å²) >= 11 is 1.88. The van der Waals surface area contributed by atoms with Gasteiger partial charge in [0.15, 0.2) is 0 Å². The lowest BCUT2D eigenvalue weighted by atomic mass is 9.33. The number of furan rings is 1. The Morgan fingerprint density at radius 3 is 1.80 bits per heavy atom. The van der Waals surface area contributed by atoms with Crippen molar-refractivity contribution in [2.45, 2.75) is 0 Å². The lowest BCUT2D eigenvalue weighted by molar-refractivity contribution is 0.669. The van der Waals surface area contributed by atoms with Crippen LogP contribution in [0.25, 0.3) is 64.4 Å².